The van der Waals surface area contributed by atoms with Gasteiger partial charge in [0.05, 0.1) is 0 Å². The molecule has 4 nitrogen and oxygen atoms in total. The zero-order valence-electron chi connectivity index (χ0n) is 11.1. The van der Waals surface area contributed by atoms with E-state index < -0.39 is 0 Å². The highest BCUT2D eigenvalue weighted by Crippen LogP contribution is 2.19. The number of nitrogens with one attached hydrogen (secondary N) is 1. The van der Waals surface area contributed by atoms with Crippen LogP contribution in [-0.4, -0.2) is 42.1 Å². The number of benzene rings is 1. The Labute approximate surface area is 112 Å². The molecule has 0 unspecified atom stereocenters. The van der Waals surface area contributed by atoms with Crippen molar-refractivity contribution in [1.82, 2.24) is 9.88 Å². The third-order valence-electron chi connectivity index (χ3n) is 3.82. The largest absolute Gasteiger partial charge is 0.381 e. The van der Waals surface area contributed by atoms with E-state index in [2.05, 4.69) is 4.98 Å². The lowest BCUT2D eigenvalue weighted by Gasteiger charge is -2.30. The minimum absolute atomic E-state index is 0.0584. The Kier molecular flexibility index (Phi) is 3.25. The smallest absolute Gasteiger partial charge is 0.270 e. The van der Waals surface area contributed by atoms with Gasteiger partial charge in [-0.15, -0.1) is 0 Å². The molecule has 2 heterocycles. The van der Waals surface area contributed by atoms with Crippen molar-refractivity contribution in [3.05, 3.63) is 36.0 Å². The minimum Gasteiger partial charge on any atom is -0.381 e. The number of H-pyrrole nitrogens is 1. The van der Waals surface area contributed by atoms with Crippen molar-refractivity contribution in [2.75, 3.05) is 20.3 Å². The molecular formula is C15H18N2O2. The molecule has 0 radical (unpaired) electrons. The third-order valence-corrected chi connectivity index (χ3v) is 3.82. The normalized spacial score (nSPS) is 16.7. The van der Waals surface area contributed by atoms with E-state index >= 15 is 0 Å². The van der Waals surface area contributed by atoms with Gasteiger partial charge in [0.2, 0.25) is 0 Å². The van der Waals surface area contributed by atoms with E-state index in [1.807, 2.05) is 42.3 Å². The van der Waals surface area contributed by atoms with Crippen LogP contribution in [0.2, 0.25) is 0 Å². The van der Waals surface area contributed by atoms with E-state index in [1.165, 1.54) is 0 Å². The number of aromatic amines is 1. The summed E-state index contributed by atoms with van der Waals surface area (Å²) in [6.07, 6.45) is 1.84. The summed E-state index contributed by atoms with van der Waals surface area (Å²) in [7, 11) is 1.88. The molecule has 0 bridgehead atoms. The maximum atomic E-state index is 12.5. The van der Waals surface area contributed by atoms with Crippen molar-refractivity contribution >= 4 is 16.8 Å². The summed E-state index contributed by atoms with van der Waals surface area (Å²) >= 11 is 0. The third kappa shape index (κ3) is 2.36. The van der Waals surface area contributed by atoms with Crippen molar-refractivity contribution in [2.24, 2.45) is 0 Å². The summed E-state index contributed by atoms with van der Waals surface area (Å²) in [5.74, 6) is 0.0584. The number of para-hydroxylation sites is 1. The number of hydrogen-bond acceptors (Lipinski definition) is 2. The lowest BCUT2D eigenvalue weighted by molar-refractivity contribution is 0.0359. The predicted octanol–water partition coefficient (Wildman–Crippen LogP) is 2.42. The van der Waals surface area contributed by atoms with Crippen LogP contribution in [0.25, 0.3) is 10.9 Å². The van der Waals surface area contributed by atoms with E-state index in [4.69, 9.17) is 4.74 Å². The van der Waals surface area contributed by atoms with Crippen molar-refractivity contribution in [3.63, 3.8) is 0 Å². The van der Waals surface area contributed by atoms with Gasteiger partial charge in [0.25, 0.3) is 5.91 Å². The Morgan fingerprint density at radius 2 is 2.05 bits per heavy atom. The van der Waals surface area contributed by atoms with Crippen LogP contribution in [0.15, 0.2) is 30.3 Å². The number of hydrogen-bond donors (Lipinski definition) is 1. The molecule has 1 aliphatic rings. The van der Waals surface area contributed by atoms with Gasteiger partial charge < -0.3 is 14.6 Å². The molecule has 1 aromatic heterocycles. The van der Waals surface area contributed by atoms with Gasteiger partial charge in [-0.05, 0) is 25.0 Å². The first-order valence-corrected chi connectivity index (χ1v) is 6.68. The topological polar surface area (TPSA) is 45.3 Å². The second-order valence-electron chi connectivity index (χ2n) is 5.03. The van der Waals surface area contributed by atoms with Crippen molar-refractivity contribution in [1.29, 1.82) is 0 Å². The first kappa shape index (κ1) is 12.2. The van der Waals surface area contributed by atoms with Crippen LogP contribution in [0.1, 0.15) is 23.3 Å². The fourth-order valence-electron chi connectivity index (χ4n) is 2.62. The minimum atomic E-state index is 0.0584. The number of ether oxygens (including phenoxy) is 1. The van der Waals surface area contributed by atoms with Crippen LogP contribution in [-0.2, 0) is 4.74 Å². The van der Waals surface area contributed by atoms with E-state index in [1.54, 1.807) is 0 Å². The van der Waals surface area contributed by atoms with Gasteiger partial charge >= 0.3 is 0 Å². The van der Waals surface area contributed by atoms with Crippen LogP contribution in [0.5, 0.6) is 0 Å². The molecule has 0 saturated carbocycles. The van der Waals surface area contributed by atoms with Crippen molar-refractivity contribution < 1.29 is 9.53 Å². The Hall–Kier alpha value is -1.81. The lowest BCUT2D eigenvalue weighted by Crippen LogP contribution is -2.40. The summed E-state index contributed by atoms with van der Waals surface area (Å²) in [4.78, 5) is 17.5. The number of carbonyl (C=O) groups is 1. The molecule has 1 amide bonds. The number of aromatic nitrogens is 1. The molecule has 0 atom stereocenters. The number of nitrogens with zero attached hydrogens (tertiary/aromatic N) is 1. The van der Waals surface area contributed by atoms with E-state index in [9.17, 15) is 4.79 Å². The first-order valence-electron chi connectivity index (χ1n) is 6.68. The molecule has 0 aliphatic carbocycles. The maximum Gasteiger partial charge on any atom is 0.270 e. The molecule has 19 heavy (non-hydrogen) atoms. The van der Waals surface area contributed by atoms with Crippen LogP contribution in [0.3, 0.4) is 0 Å². The van der Waals surface area contributed by atoms with E-state index in [0.717, 1.165) is 37.0 Å². The summed E-state index contributed by atoms with van der Waals surface area (Å²) in [5.41, 5.74) is 1.67. The number of amides is 1. The lowest BCUT2D eigenvalue weighted by atomic mass is 10.1. The quantitative estimate of drug-likeness (QED) is 0.899. The SMILES string of the molecule is CN(C(=O)c1cc2ccccc2[nH]1)C1CCOCC1. The van der Waals surface area contributed by atoms with Gasteiger partial charge in [-0.25, -0.2) is 0 Å². The van der Waals surface area contributed by atoms with Gasteiger partial charge in [0.15, 0.2) is 0 Å². The summed E-state index contributed by atoms with van der Waals surface area (Å²) in [6, 6.07) is 10.2. The standard InChI is InChI=1S/C15H18N2O2/c1-17(12-6-8-19-9-7-12)15(18)14-10-11-4-2-3-5-13(11)16-14/h2-5,10,12,16H,6-9H2,1H3. The molecule has 1 aliphatic heterocycles. The first-order chi connectivity index (χ1) is 9.25. The van der Waals surface area contributed by atoms with Crippen LogP contribution in [0.4, 0.5) is 0 Å². The van der Waals surface area contributed by atoms with E-state index in [0.29, 0.717) is 5.69 Å². The summed E-state index contributed by atoms with van der Waals surface area (Å²) in [6.45, 7) is 1.49. The highest BCUT2D eigenvalue weighted by molar-refractivity contribution is 5.98. The molecule has 2 aromatic rings. The monoisotopic (exact) mass is 258 g/mol. The van der Waals surface area contributed by atoms with Crippen LogP contribution < -0.4 is 0 Å². The zero-order valence-corrected chi connectivity index (χ0v) is 11.1. The van der Waals surface area contributed by atoms with Crippen LogP contribution >= 0.6 is 0 Å². The molecular weight excluding hydrogens is 240 g/mol. The number of rotatable bonds is 2. The predicted molar refractivity (Wildman–Crippen MR) is 74.2 cm³/mol. The zero-order chi connectivity index (χ0) is 13.2. The van der Waals surface area contributed by atoms with Crippen molar-refractivity contribution in [2.45, 2.75) is 18.9 Å². The van der Waals surface area contributed by atoms with Gasteiger partial charge in [-0.3, -0.25) is 4.79 Å². The molecule has 0 spiro atoms. The molecule has 3 rings (SSSR count). The van der Waals surface area contributed by atoms with Gasteiger partial charge in [0, 0.05) is 37.2 Å². The fraction of sp³-hybridized carbons (Fsp3) is 0.400. The molecule has 1 saturated heterocycles. The molecule has 1 N–H and O–H groups in total. The Morgan fingerprint density at radius 1 is 1.32 bits per heavy atom. The average Bonchev–Trinajstić information content (AvgIpc) is 2.90. The highest BCUT2D eigenvalue weighted by atomic mass is 16.5. The van der Waals surface area contributed by atoms with Gasteiger partial charge in [0.1, 0.15) is 5.69 Å². The summed E-state index contributed by atoms with van der Waals surface area (Å²) < 4.78 is 5.34. The Balaban J connectivity index is 1.82. The maximum absolute atomic E-state index is 12.5. The molecule has 1 aromatic carbocycles. The number of carbonyl (C=O) groups excluding carboxylic acids is 1. The molecule has 1 fully saturated rings. The second-order valence-corrected chi connectivity index (χ2v) is 5.03. The Morgan fingerprint density at radius 3 is 2.79 bits per heavy atom. The van der Waals surface area contributed by atoms with Crippen molar-refractivity contribution in [3.8, 4) is 0 Å². The van der Waals surface area contributed by atoms with Gasteiger partial charge in [-0.1, -0.05) is 18.2 Å². The van der Waals surface area contributed by atoms with Crippen LogP contribution in [0, 0.1) is 0 Å². The highest BCUT2D eigenvalue weighted by Gasteiger charge is 2.24. The van der Waals surface area contributed by atoms with E-state index in [-0.39, 0.29) is 11.9 Å². The molecule has 4 heteroatoms. The second kappa shape index (κ2) is 5.05. The number of fused-ring (bicyclic) bond motifs is 1. The fourth-order valence-corrected chi connectivity index (χ4v) is 2.62. The Bertz CT molecular complexity index is 552. The summed E-state index contributed by atoms with van der Waals surface area (Å²) in [5, 5.41) is 1.08. The van der Waals surface area contributed by atoms with Gasteiger partial charge in [-0.2, -0.15) is 0 Å². The molecule has 100 valence electrons. The average molecular weight is 258 g/mol.